The van der Waals surface area contributed by atoms with E-state index in [-0.39, 0.29) is 19.2 Å². The molecule has 2 N–H and O–H groups in total. The predicted octanol–water partition coefficient (Wildman–Crippen LogP) is 1.82. The summed E-state index contributed by atoms with van der Waals surface area (Å²) in [7, 11) is 0. The molecule has 1 aromatic heterocycles. The largest absolute Gasteiger partial charge is 0.395 e. The molecule has 0 radical (unpaired) electrons. The summed E-state index contributed by atoms with van der Waals surface area (Å²) in [4.78, 5) is 5.58. The number of aromatic nitrogens is 1. The zero-order valence-corrected chi connectivity index (χ0v) is 11.3. The standard InChI is InChI=1S/C13H21F2N3O/c1-3-16-10(2)11-4-5-13(17-8-11)18(6-7-19)9-12(14)15/h4-5,8,10,12,16,19H,3,6-7,9H2,1-2H3. The fraction of sp³-hybridized carbons (Fsp3) is 0.615. The van der Waals surface area contributed by atoms with E-state index in [2.05, 4.69) is 10.3 Å². The number of rotatable bonds is 8. The summed E-state index contributed by atoms with van der Waals surface area (Å²) in [5.41, 5.74) is 1.01. The van der Waals surface area contributed by atoms with Crippen LogP contribution >= 0.6 is 0 Å². The van der Waals surface area contributed by atoms with E-state index < -0.39 is 13.0 Å². The molecular weight excluding hydrogens is 252 g/mol. The molecule has 0 fully saturated rings. The number of hydrogen-bond donors (Lipinski definition) is 2. The van der Waals surface area contributed by atoms with E-state index in [0.717, 1.165) is 12.1 Å². The van der Waals surface area contributed by atoms with E-state index >= 15 is 0 Å². The fourth-order valence-electron chi connectivity index (χ4n) is 1.85. The molecule has 0 aliphatic rings. The molecule has 1 unspecified atom stereocenters. The van der Waals surface area contributed by atoms with Crippen LogP contribution in [0.2, 0.25) is 0 Å². The zero-order valence-electron chi connectivity index (χ0n) is 11.3. The minimum atomic E-state index is -2.45. The van der Waals surface area contributed by atoms with Crippen LogP contribution in [0.5, 0.6) is 0 Å². The van der Waals surface area contributed by atoms with Crippen molar-refractivity contribution in [2.24, 2.45) is 0 Å². The molecule has 0 aliphatic heterocycles. The maximum Gasteiger partial charge on any atom is 0.255 e. The van der Waals surface area contributed by atoms with Crippen LogP contribution in [0, 0.1) is 0 Å². The highest BCUT2D eigenvalue weighted by Gasteiger charge is 2.14. The van der Waals surface area contributed by atoms with Crippen LogP contribution in [-0.2, 0) is 0 Å². The van der Waals surface area contributed by atoms with Gasteiger partial charge in [0.1, 0.15) is 5.82 Å². The molecule has 0 aliphatic carbocycles. The van der Waals surface area contributed by atoms with Crippen LogP contribution in [0.4, 0.5) is 14.6 Å². The van der Waals surface area contributed by atoms with Gasteiger partial charge in [-0.25, -0.2) is 13.8 Å². The molecule has 4 nitrogen and oxygen atoms in total. The summed E-state index contributed by atoms with van der Waals surface area (Å²) in [5.74, 6) is 0.460. The first-order valence-corrected chi connectivity index (χ1v) is 6.41. The van der Waals surface area contributed by atoms with Crippen molar-refractivity contribution in [3.05, 3.63) is 23.9 Å². The molecule has 0 bridgehead atoms. The van der Waals surface area contributed by atoms with Gasteiger partial charge in [-0.15, -0.1) is 0 Å². The van der Waals surface area contributed by atoms with Crippen molar-refractivity contribution in [3.63, 3.8) is 0 Å². The number of pyridine rings is 1. The Morgan fingerprint density at radius 1 is 1.42 bits per heavy atom. The summed E-state index contributed by atoms with van der Waals surface area (Å²) < 4.78 is 24.9. The third-order valence-electron chi connectivity index (χ3n) is 2.83. The second-order valence-corrected chi connectivity index (χ2v) is 4.29. The van der Waals surface area contributed by atoms with E-state index in [0.29, 0.717) is 5.82 Å². The fourth-order valence-corrected chi connectivity index (χ4v) is 1.85. The van der Waals surface area contributed by atoms with E-state index in [1.807, 2.05) is 19.9 Å². The maximum atomic E-state index is 12.4. The third kappa shape index (κ3) is 5.08. The van der Waals surface area contributed by atoms with Crippen LogP contribution in [0.3, 0.4) is 0 Å². The Labute approximate surface area is 112 Å². The average Bonchev–Trinajstić information content (AvgIpc) is 2.38. The molecular formula is C13H21F2N3O. The maximum absolute atomic E-state index is 12.4. The normalized spacial score (nSPS) is 12.7. The van der Waals surface area contributed by atoms with Gasteiger partial charge in [0.05, 0.1) is 13.2 Å². The Bertz CT molecular complexity index is 359. The summed E-state index contributed by atoms with van der Waals surface area (Å²) in [6, 6.07) is 3.75. The van der Waals surface area contributed by atoms with Crippen molar-refractivity contribution in [2.45, 2.75) is 26.3 Å². The Hall–Kier alpha value is -1.27. The smallest absolute Gasteiger partial charge is 0.255 e. The zero-order chi connectivity index (χ0) is 14.3. The van der Waals surface area contributed by atoms with Crippen molar-refractivity contribution < 1.29 is 13.9 Å². The minimum absolute atomic E-state index is 0.152. The second kappa shape index (κ2) is 8.01. The molecule has 19 heavy (non-hydrogen) atoms. The lowest BCUT2D eigenvalue weighted by molar-refractivity contribution is 0.152. The summed E-state index contributed by atoms with van der Waals surface area (Å²) in [6.07, 6.45) is -0.771. The molecule has 1 atom stereocenters. The van der Waals surface area contributed by atoms with Crippen molar-refractivity contribution >= 4 is 5.82 Å². The molecule has 6 heteroatoms. The number of nitrogens with one attached hydrogen (secondary N) is 1. The number of anilines is 1. The summed E-state index contributed by atoms with van der Waals surface area (Å²) in [5, 5.41) is 12.2. The number of aliphatic hydroxyl groups is 1. The molecule has 1 rings (SSSR count). The number of hydrogen-bond acceptors (Lipinski definition) is 4. The van der Waals surface area contributed by atoms with Crippen LogP contribution in [0.1, 0.15) is 25.5 Å². The minimum Gasteiger partial charge on any atom is -0.395 e. The second-order valence-electron chi connectivity index (χ2n) is 4.29. The molecule has 1 aromatic rings. The SMILES string of the molecule is CCNC(C)c1ccc(N(CCO)CC(F)F)nc1. The molecule has 0 aromatic carbocycles. The van der Waals surface area contributed by atoms with E-state index in [9.17, 15) is 8.78 Å². The molecule has 0 spiro atoms. The lowest BCUT2D eigenvalue weighted by Gasteiger charge is -2.23. The van der Waals surface area contributed by atoms with Gasteiger partial charge in [0, 0.05) is 18.8 Å². The first-order chi connectivity index (χ1) is 9.08. The highest BCUT2D eigenvalue weighted by Crippen LogP contribution is 2.16. The lowest BCUT2D eigenvalue weighted by Crippen LogP contribution is -2.32. The number of alkyl halides is 2. The van der Waals surface area contributed by atoms with Crippen LogP contribution in [0.25, 0.3) is 0 Å². The van der Waals surface area contributed by atoms with Crippen molar-refractivity contribution in [2.75, 3.05) is 31.1 Å². The molecule has 1 heterocycles. The van der Waals surface area contributed by atoms with Crippen molar-refractivity contribution in [3.8, 4) is 0 Å². The van der Waals surface area contributed by atoms with E-state index in [1.54, 1.807) is 12.3 Å². The average molecular weight is 273 g/mol. The molecule has 0 saturated carbocycles. The number of nitrogens with zero attached hydrogens (tertiary/aromatic N) is 2. The highest BCUT2D eigenvalue weighted by molar-refractivity contribution is 5.39. The van der Waals surface area contributed by atoms with E-state index in [4.69, 9.17) is 5.11 Å². The first kappa shape index (κ1) is 15.8. The number of aliphatic hydroxyl groups excluding tert-OH is 1. The van der Waals surface area contributed by atoms with Gasteiger partial charge < -0.3 is 15.3 Å². The first-order valence-electron chi connectivity index (χ1n) is 6.41. The Kier molecular flexibility index (Phi) is 6.66. The topological polar surface area (TPSA) is 48.4 Å². The Morgan fingerprint density at radius 3 is 2.63 bits per heavy atom. The third-order valence-corrected chi connectivity index (χ3v) is 2.83. The van der Waals surface area contributed by atoms with Gasteiger partial charge in [-0.1, -0.05) is 13.0 Å². The van der Waals surface area contributed by atoms with Crippen LogP contribution in [0.15, 0.2) is 18.3 Å². The van der Waals surface area contributed by atoms with Crippen LogP contribution in [-0.4, -0.2) is 42.8 Å². The monoisotopic (exact) mass is 273 g/mol. The lowest BCUT2D eigenvalue weighted by atomic mass is 10.1. The van der Waals surface area contributed by atoms with Gasteiger partial charge in [-0.05, 0) is 25.1 Å². The summed E-state index contributed by atoms with van der Waals surface area (Å²) >= 11 is 0. The van der Waals surface area contributed by atoms with Gasteiger partial charge in [-0.3, -0.25) is 0 Å². The number of halogens is 2. The van der Waals surface area contributed by atoms with E-state index in [1.165, 1.54) is 4.90 Å². The Morgan fingerprint density at radius 2 is 2.16 bits per heavy atom. The molecule has 108 valence electrons. The Balaban J connectivity index is 2.76. The van der Waals surface area contributed by atoms with Gasteiger partial charge in [0.15, 0.2) is 0 Å². The van der Waals surface area contributed by atoms with Gasteiger partial charge >= 0.3 is 0 Å². The molecule has 0 saturated heterocycles. The predicted molar refractivity (Wildman–Crippen MR) is 71.6 cm³/mol. The van der Waals surface area contributed by atoms with Crippen LogP contribution < -0.4 is 10.2 Å². The summed E-state index contributed by atoms with van der Waals surface area (Å²) in [6.45, 7) is 4.44. The van der Waals surface area contributed by atoms with Crippen molar-refractivity contribution in [1.29, 1.82) is 0 Å². The van der Waals surface area contributed by atoms with Gasteiger partial charge in [0.25, 0.3) is 6.43 Å². The van der Waals surface area contributed by atoms with Gasteiger partial charge in [0.2, 0.25) is 0 Å². The highest BCUT2D eigenvalue weighted by atomic mass is 19.3. The molecule has 0 amide bonds. The quantitative estimate of drug-likeness (QED) is 0.758. The van der Waals surface area contributed by atoms with Crippen molar-refractivity contribution in [1.82, 2.24) is 10.3 Å². The van der Waals surface area contributed by atoms with Gasteiger partial charge in [-0.2, -0.15) is 0 Å².